The maximum atomic E-state index is 11.5. The van der Waals surface area contributed by atoms with Crippen molar-refractivity contribution in [3.63, 3.8) is 0 Å². The first-order valence-corrected chi connectivity index (χ1v) is 5.66. The molecule has 0 fully saturated rings. The molecule has 1 amide bonds. The van der Waals surface area contributed by atoms with Crippen LogP contribution in [0.5, 0.6) is 0 Å². The van der Waals surface area contributed by atoms with Crippen LogP contribution in [0.2, 0.25) is 0 Å². The molecule has 6 heteroatoms. The molecule has 0 heterocycles. The van der Waals surface area contributed by atoms with Gasteiger partial charge in [-0.25, -0.2) is 0 Å². The van der Waals surface area contributed by atoms with Crippen LogP contribution in [-0.2, 0) is 9.59 Å². The number of hydrogen-bond acceptors (Lipinski definition) is 3. The second-order valence-corrected chi connectivity index (χ2v) is 4.30. The zero-order valence-electron chi connectivity index (χ0n) is 10.7. The summed E-state index contributed by atoms with van der Waals surface area (Å²) in [5.74, 6) is -0.600. The van der Waals surface area contributed by atoms with E-state index in [0.29, 0.717) is 19.0 Å². The minimum Gasteiger partial charge on any atom is -0.480 e. The third kappa shape index (κ3) is 11.5. The summed E-state index contributed by atoms with van der Waals surface area (Å²) < 4.78 is 0. The molecule has 0 aromatic carbocycles. The molecule has 102 valence electrons. The highest BCUT2D eigenvalue weighted by molar-refractivity contribution is 5.85. The van der Waals surface area contributed by atoms with E-state index in [1.54, 1.807) is 4.90 Å². The number of carbonyl (C=O) groups excluding carboxylic acids is 1. The van der Waals surface area contributed by atoms with Crippen LogP contribution in [0.25, 0.3) is 0 Å². The smallest absolute Gasteiger partial charge is 0.317 e. The quantitative estimate of drug-likeness (QED) is 0.687. The molecule has 17 heavy (non-hydrogen) atoms. The van der Waals surface area contributed by atoms with Gasteiger partial charge < -0.3 is 10.4 Å². The van der Waals surface area contributed by atoms with Crippen molar-refractivity contribution in [3.05, 3.63) is 0 Å². The summed E-state index contributed by atoms with van der Waals surface area (Å²) in [5.41, 5.74) is 0. The highest BCUT2D eigenvalue weighted by Gasteiger charge is 2.12. The van der Waals surface area contributed by atoms with Gasteiger partial charge in [-0.3, -0.25) is 14.5 Å². The van der Waals surface area contributed by atoms with Gasteiger partial charge in [-0.1, -0.05) is 20.8 Å². The largest absolute Gasteiger partial charge is 0.480 e. The summed E-state index contributed by atoms with van der Waals surface area (Å²) in [6, 6.07) is 0. The fourth-order valence-corrected chi connectivity index (χ4v) is 1.30. The highest BCUT2D eigenvalue weighted by atomic mass is 35.5. The second-order valence-electron chi connectivity index (χ2n) is 4.30. The first-order chi connectivity index (χ1) is 7.45. The Morgan fingerprint density at radius 2 is 1.88 bits per heavy atom. The third-order valence-electron chi connectivity index (χ3n) is 1.97. The SMILES string of the molecule is CCCN(CC(=O)O)CC(=O)NCC(C)C.Cl. The molecule has 0 rings (SSSR count). The predicted octanol–water partition coefficient (Wildman–Crippen LogP) is 0.977. The summed E-state index contributed by atoms with van der Waals surface area (Å²) >= 11 is 0. The van der Waals surface area contributed by atoms with Crippen LogP contribution in [0.4, 0.5) is 0 Å². The van der Waals surface area contributed by atoms with Gasteiger partial charge in [0.2, 0.25) is 5.91 Å². The van der Waals surface area contributed by atoms with Crippen molar-refractivity contribution in [1.29, 1.82) is 0 Å². The number of rotatable bonds is 8. The van der Waals surface area contributed by atoms with E-state index in [0.717, 1.165) is 6.42 Å². The third-order valence-corrected chi connectivity index (χ3v) is 1.97. The molecule has 0 atom stereocenters. The average molecular weight is 267 g/mol. The molecule has 0 aromatic heterocycles. The molecule has 5 nitrogen and oxygen atoms in total. The van der Waals surface area contributed by atoms with Crippen LogP contribution in [0.3, 0.4) is 0 Å². The van der Waals surface area contributed by atoms with Gasteiger partial charge in [0.1, 0.15) is 0 Å². The molecule has 0 aromatic rings. The van der Waals surface area contributed by atoms with Crippen molar-refractivity contribution in [3.8, 4) is 0 Å². The summed E-state index contributed by atoms with van der Waals surface area (Å²) in [6.07, 6.45) is 0.838. The molecule has 0 saturated heterocycles. The monoisotopic (exact) mass is 266 g/mol. The van der Waals surface area contributed by atoms with Crippen molar-refractivity contribution < 1.29 is 14.7 Å². The Kier molecular flexibility index (Phi) is 11.3. The Hall–Kier alpha value is -0.810. The average Bonchev–Trinajstić information content (AvgIpc) is 2.14. The van der Waals surface area contributed by atoms with Crippen LogP contribution in [-0.4, -0.2) is 48.1 Å². The van der Waals surface area contributed by atoms with Crippen molar-refractivity contribution in [2.75, 3.05) is 26.2 Å². The van der Waals surface area contributed by atoms with E-state index in [2.05, 4.69) is 5.32 Å². The maximum Gasteiger partial charge on any atom is 0.317 e. The van der Waals surface area contributed by atoms with Crippen LogP contribution in [0.1, 0.15) is 27.2 Å². The fourth-order valence-electron chi connectivity index (χ4n) is 1.30. The van der Waals surface area contributed by atoms with E-state index < -0.39 is 5.97 Å². The number of hydrogen-bond donors (Lipinski definition) is 2. The van der Waals surface area contributed by atoms with Crippen LogP contribution < -0.4 is 5.32 Å². The zero-order chi connectivity index (χ0) is 12.6. The number of aliphatic carboxylic acids is 1. The number of carboxylic acids is 1. The van der Waals surface area contributed by atoms with Gasteiger partial charge in [-0.2, -0.15) is 0 Å². The number of nitrogens with one attached hydrogen (secondary N) is 1. The van der Waals surface area contributed by atoms with Crippen LogP contribution in [0.15, 0.2) is 0 Å². The van der Waals surface area contributed by atoms with Gasteiger partial charge in [0, 0.05) is 6.54 Å². The number of carbonyl (C=O) groups is 2. The molecule has 0 bridgehead atoms. The van der Waals surface area contributed by atoms with E-state index >= 15 is 0 Å². The summed E-state index contributed by atoms with van der Waals surface area (Å²) in [6.45, 7) is 7.33. The normalized spacial score (nSPS) is 10.2. The first kappa shape index (κ1) is 18.6. The van der Waals surface area contributed by atoms with Crippen molar-refractivity contribution in [1.82, 2.24) is 10.2 Å². The number of amides is 1. The van der Waals surface area contributed by atoms with E-state index in [4.69, 9.17) is 5.11 Å². The molecule has 0 aliphatic heterocycles. The standard InChI is InChI=1S/C11H22N2O3.ClH/c1-4-5-13(8-11(15)16)7-10(14)12-6-9(2)3;/h9H,4-8H2,1-3H3,(H,12,14)(H,15,16);1H. The Bertz CT molecular complexity index is 235. The lowest BCUT2D eigenvalue weighted by atomic mass is 10.2. The Labute approximate surface area is 109 Å². The van der Waals surface area contributed by atoms with Gasteiger partial charge in [0.05, 0.1) is 13.1 Å². The lowest BCUT2D eigenvalue weighted by molar-refractivity contribution is -0.138. The molecular weight excluding hydrogens is 244 g/mol. The fraction of sp³-hybridized carbons (Fsp3) is 0.818. The van der Waals surface area contributed by atoms with E-state index in [1.807, 2.05) is 20.8 Å². The lowest BCUT2D eigenvalue weighted by Gasteiger charge is -2.19. The highest BCUT2D eigenvalue weighted by Crippen LogP contribution is 1.92. The van der Waals surface area contributed by atoms with E-state index in [9.17, 15) is 9.59 Å². The van der Waals surface area contributed by atoms with Gasteiger partial charge in [-0.05, 0) is 18.9 Å². The molecular formula is C11H23ClN2O3. The maximum absolute atomic E-state index is 11.5. The zero-order valence-corrected chi connectivity index (χ0v) is 11.5. The minimum absolute atomic E-state index is 0. The summed E-state index contributed by atoms with van der Waals surface area (Å²) in [7, 11) is 0. The van der Waals surface area contributed by atoms with E-state index in [-0.39, 0.29) is 31.4 Å². The van der Waals surface area contributed by atoms with Gasteiger partial charge in [0.25, 0.3) is 0 Å². The molecule has 0 radical (unpaired) electrons. The van der Waals surface area contributed by atoms with Crippen molar-refractivity contribution in [2.24, 2.45) is 5.92 Å². The lowest BCUT2D eigenvalue weighted by Crippen LogP contribution is -2.41. The molecule has 0 unspecified atom stereocenters. The first-order valence-electron chi connectivity index (χ1n) is 5.66. The van der Waals surface area contributed by atoms with Crippen LogP contribution in [0, 0.1) is 5.92 Å². The Morgan fingerprint density at radius 3 is 2.29 bits per heavy atom. The number of halogens is 1. The summed E-state index contributed by atoms with van der Waals surface area (Å²) in [5, 5.41) is 11.4. The molecule has 0 spiro atoms. The van der Waals surface area contributed by atoms with Gasteiger partial charge in [0.15, 0.2) is 0 Å². The van der Waals surface area contributed by atoms with Gasteiger partial charge >= 0.3 is 5.97 Å². The number of nitrogens with zero attached hydrogens (tertiary/aromatic N) is 1. The molecule has 0 aliphatic rings. The van der Waals surface area contributed by atoms with Crippen molar-refractivity contribution >= 4 is 24.3 Å². The minimum atomic E-state index is -0.898. The predicted molar refractivity (Wildman–Crippen MR) is 69.5 cm³/mol. The molecule has 0 aliphatic carbocycles. The van der Waals surface area contributed by atoms with Crippen molar-refractivity contribution in [2.45, 2.75) is 27.2 Å². The van der Waals surface area contributed by atoms with E-state index in [1.165, 1.54) is 0 Å². The Balaban J connectivity index is 0. The van der Waals surface area contributed by atoms with Crippen LogP contribution >= 0.6 is 12.4 Å². The van der Waals surface area contributed by atoms with Gasteiger partial charge in [-0.15, -0.1) is 12.4 Å². The topological polar surface area (TPSA) is 69.6 Å². The number of carboxylic acid groups (broad SMARTS) is 1. The second kappa shape index (κ2) is 10.4. The Morgan fingerprint density at radius 1 is 1.29 bits per heavy atom. The summed E-state index contributed by atoms with van der Waals surface area (Å²) in [4.78, 5) is 23.7. The molecule has 0 saturated carbocycles. The molecule has 2 N–H and O–H groups in total.